The van der Waals surface area contributed by atoms with Gasteiger partial charge in [0.25, 0.3) is 11.8 Å². The lowest BCUT2D eigenvalue weighted by atomic mass is 9.96. The normalized spacial score (nSPS) is 17.4. The number of carbonyl (C=O) groups excluding carboxylic acids is 2. The standard InChI is InChI=1S/C20H21N3O5/c24-18(16-11-17(28-22-16)12-1-2-12)21-15-5-3-13(4-6-15)19(25)23-9-7-14(8-10-23)20(26)27/h3-6,11-12,14H,1-2,7-10H2,(H,21,24)(H,26,27). The van der Waals surface area contributed by atoms with Crippen LogP contribution >= 0.6 is 0 Å². The smallest absolute Gasteiger partial charge is 0.306 e. The van der Waals surface area contributed by atoms with E-state index in [0.717, 1.165) is 18.6 Å². The number of hydrogen-bond donors (Lipinski definition) is 2. The van der Waals surface area contributed by atoms with Crippen molar-refractivity contribution in [1.29, 1.82) is 0 Å². The van der Waals surface area contributed by atoms with Gasteiger partial charge in [0.05, 0.1) is 5.92 Å². The summed E-state index contributed by atoms with van der Waals surface area (Å²) in [6.45, 7) is 0.869. The number of hydrogen-bond acceptors (Lipinski definition) is 5. The van der Waals surface area contributed by atoms with Crippen molar-refractivity contribution in [1.82, 2.24) is 10.1 Å². The molecule has 2 aliphatic rings. The van der Waals surface area contributed by atoms with Gasteiger partial charge in [-0.25, -0.2) is 0 Å². The third kappa shape index (κ3) is 3.90. The van der Waals surface area contributed by atoms with E-state index in [0.29, 0.717) is 43.1 Å². The summed E-state index contributed by atoms with van der Waals surface area (Å²) in [5, 5.41) is 15.6. The number of benzene rings is 1. The molecule has 1 aliphatic heterocycles. The fraction of sp³-hybridized carbons (Fsp3) is 0.400. The van der Waals surface area contributed by atoms with Crippen molar-refractivity contribution in [3.05, 3.63) is 47.3 Å². The zero-order valence-corrected chi connectivity index (χ0v) is 15.3. The highest BCUT2D eigenvalue weighted by Crippen LogP contribution is 2.40. The maximum Gasteiger partial charge on any atom is 0.306 e. The zero-order valence-electron chi connectivity index (χ0n) is 15.3. The van der Waals surface area contributed by atoms with Crippen LogP contribution in [0.1, 0.15) is 58.2 Å². The molecule has 0 atom stereocenters. The number of piperidine rings is 1. The molecule has 1 saturated heterocycles. The fourth-order valence-electron chi connectivity index (χ4n) is 3.36. The molecule has 1 saturated carbocycles. The lowest BCUT2D eigenvalue weighted by Gasteiger charge is -2.30. The van der Waals surface area contributed by atoms with Gasteiger partial charge in [-0.05, 0) is 49.9 Å². The van der Waals surface area contributed by atoms with E-state index < -0.39 is 5.97 Å². The van der Waals surface area contributed by atoms with E-state index in [-0.39, 0.29) is 23.4 Å². The maximum atomic E-state index is 12.6. The third-order valence-corrected chi connectivity index (χ3v) is 5.26. The van der Waals surface area contributed by atoms with Crippen LogP contribution in [0, 0.1) is 5.92 Å². The number of aliphatic carboxylic acids is 1. The van der Waals surface area contributed by atoms with E-state index in [9.17, 15) is 14.4 Å². The minimum atomic E-state index is -0.802. The van der Waals surface area contributed by atoms with Crippen molar-refractivity contribution >= 4 is 23.5 Å². The molecule has 0 unspecified atom stereocenters. The average molecular weight is 383 g/mol. The summed E-state index contributed by atoms with van der Waals surface area (Å²) < 4.78 is 5.19. The van der Waals surface area contributed by atoms with Crippen molar-refractivity contribution in [2.24, 2.45) is 5.92 Å². The number of nitrogens with zero attached hydrogens (tertiary/aromatic N) is 2. The highest BCUT2D eigenvalue weighted by molar-refractivity contribution is 6.03. The Morgan fingerprint density at radius 2 is 1.75 bits per heavy atom. The van der Waals surface area contributed by atoms with Crippen LogP contribution in [-0.2, 0) is 4.79 Å². The average Bonchev–Trinajstić information content (AvgIpc) is 3.44. The predicted octanol–water partition coefficient (Wildman–Crippen LogP) is 2.74. The molecule has 2 fully saturated rings. The number of likely N-dealkylation sites (tertiary alicyclic amines) is 1. The highest BCUT2D eigenvalue weighted by atomic mass is 16.5. The fourth-order valence-corrected chi connectivity index (χ4v) is 3.36. The number of carbonyl (C=O) groups is 3. The van der Waals surface area contributed by atoms with Crippen LogP contribution in [0.15, 0.2) is 34.9 Å². The molecule has 8 nitrogen and oxygen atoms in total. The minimum absolute atomic E-state index is 0.132. The van der Waals surface area contributed by atoms with Crippen molar-refractivity contribution in [2.75, 3.05) is 18.4 Å². The Bertz CT molecular complexity index is 893. The SMILES string of the molecule is O=C(Nc1ccc(C(=O)N2CCC(C(=O)O)CC2)cc1)c1cc(C2CC2)on1. The van der Waals surface area contributed by atoms with Gasteiger partial charge in [-0.15, -0.1) is 0 Å². The van der Waals surface area contributed by atoms with E-state index in [1.54, 1.807) is 35.2 Å². The molecule has 1 aromatic carbocycles. The topological polar surface area (TPSA) is 113 Å². The van der Waals surface area contributed by atoms with E-state index >= 15 is 0 Å². The van der Waals surface area contributed by atoms with Crippen molar-refractivity contribution in [3.8, 4) is 0 Å². The maximum absolute atomic E-state index is 12.6. The first-order valence-corrected chi connectivity index (χ1v) is 9.41. The first-order valence-electron chi connectivity index (χ1n) is 9.41. The second-order valence-electron chi connectivity index (χ2n) is 7.32. The molecule has 1 aliphatic carbocycles. The Hall–Kier alpha value is -3.16. The molecule has 0 bridgehead atoms. The molecule has 2 N–H and O–H groups in total. The summed E-state index contributed by atoms with van der Waals surface area (Å²) >= 11 is 0. The monoisotopic (exact) mass is 383 g/mol. The zero-order chi connectivity index (χ0) is 19.7. The predicted molar refractivity (Wildman–Crippen MR) is 99.1 cm³/mol. The van der Waals surface area contributed by atoms with Crippen LogP contribution in [0.2, 0.25) is 0 Å². The van der Waals surface area contributed by atoms with E-state index in [1.807, 2.05) is 0 Å². The number of carboxylic acid groups (broad SMARTS) is 1. The molecule has 2 heterocycles. The van der Waals surface area contributed by atoms with Gasteiger partial charge in [0.15, 0.2) is 5.69 Å². The second kappa shape index (κ2) is 7.46. The number of nitrogens with one attached hydrogen (secondary N) is 1. The molecule has 28 heavy (non-hydrogen) atoms. The first kappa shape index (κ1) is 18.2. The molecule has 2 aromatic rings. The van der Waals surface area contributed by atoms with Crippen LogP contribution in [0.25, 0.3) is 0 Å². The van der Waals surface area contributed by atoms with Crippen molar-refractivity contribution in [2.45, 2.75) is 31.6 Å². The molecular weight excluding hydrogens is 362 g/mol. The largest absolute Gasteiger partial charge is 0.481 e. The van der Waals surface area contributed by atoms with Gasteiger partial charge in [-0.1, -0.05) is 5.16 Å². The number of rotatable bonds is 5. The lowest BCUT2D eigenvalue weighted by Crippen LogP contribution is -2.40. The van der Waals surface area contributed by atoms with E-state index in [4.69, 9.17) is 9.63 Å². The third-order valence-electron chi connectivity index (χ3n) is 5.26. The molecule has 8 heteroatoms. The summed E-state index contributed by atoms with van der Waals surface area (Å²) in [6, 6.07) is 8.30. The van der Waals surface area contributed by atoms with Crippen LogP contribution < -0.4 is 5.32 Å². The number of anilines is 1. The number of carboxylic acids is 1. The van der Waals surface area contributed by atoms with Gasteiger partial charge < -0.3 is 19.8 Å². The Morgan fingerprint density at radius 3 is 2.36 bits per heavy atom. The van der Waals surface area contributed by atoms with Crippen LogP contribution in [0.4, 0.5) is 5.69 Å². The lowest BCUT2D eigenvalue weighted by molar-refractivity contribution is -0.143. The molecule has 4 rings (SSSR count). The Balaban J connectivity index is 1.34. The van der Waals surface area contributed by atoms with Gasteiger partial charge in [-0.3, -0.25) is 14.4 Å². The number of amides is 2. The summed E-state index contributed by atoms with van der Waals surface area (Å²) in [4.78, 5) is 37.5. The molecule has 0 radical (unpaired) electrons. The van der Waals surface area contributed by atoms with Gasteiger partial charge >= 0.3 is 5.97 Å². The molecule has 1 aromatic heterocycles. The second-order valence-corrected chi connectivity index (χ2v) is 7.32. The van der Waals surface area contributed by atoms with Gasteiger partial charge in [0.1, 0.15) is 5.76 Å². The Morgan fingerprint density at radius 1 is 1.07 bits per heavy atom. The molecular formula is C20H21N3O5. The quantitative estimate of drug-likeness (QED) is 0.821. The van der Waals surface area contributed by atoms with E-state index in [2.05, 4.69) is 10.5 Å². The van der Waals surface area contributed by atoms with Gasteiger partial charge in [0.2, 0.25) is 0 Å². The van der Waals surface area contributed by atoms with Crippen molar-refractivity contribution < 1.29 is 24.0 Å². The van der Waals surface area contributed by atoms with E-state index in [1.165, 1.54) is 0 Å². The highest BCUT2D eigenvalue weighted by Gasteiger charge is 2.29. The van der Waals surface area contributed by atoms with Crippen LogP contribution in [0.3, 0.4) is 0 Å². The number of aromatic nitrogens is 1. The molecule has 146 valence electrons. The molecule has 2 amide bonds. The minimum Gasteiger partial charge on any atom is -0.481 e. The Kier molecular flexibility index (Phi) is 4.85. The van der Waals surface area contributed by atoms with Crippen molar-refractivity contribution in [3.63, 3.8) is 0 Å². The Labute approximate surface area is 161 Å². The van der Waals surface area contributed by atoms with Gasteiger partial charge in [0, 0.05) is 36.3 Å². The molecule has 0 spiro atoms. The van der Waals surface area contributed by atoms with Crippen LogP contribution in [-0.4, -0.2) is 46.0 Å². The summed E-state index contributed by atoms with van der Waals surface area (Å²) in [6.07, 6.45) is 3.07. The van der Waals surface area contributed by atoms with Gasteiger partial charge in [-0.2, -0.15) is 0 Å². The summed E-state index contributed by atoms with van der Waals surface area (Å²) in [5.41, 5.74) is 1.30. The van der Waals surface area contributed by atoms with Crippen LogP contribution in [0.5, 0.6) is 0 Å². The summed E-state index contributed by atoms with van der Waals surface area (Å²) in [5.74, 6) is -0.530. The first-order chi connectivity index (χ1) is 13.5. The summed E-state index contributed by atoms with van der Waals surface area (Å²) in [7, 11) is 0.